The van der Waals surface area contributed by atoms with E-state index in [9.17, 15) is 14.4 Å². The van der Waals surface area contributed by atoms with Gasteiger partial charge in [0.1, 0.15) is 11.5 Å². The first-order valence-corrected chi connectivity index (χ1v) is 9.18. The number of carbonyl (C=O) groups is 3. The van der Waals surface area contributed by atoms with Gasteiger partial charge in [0.2, 0.25) is 5.91 Å². The van der Waals surface area contributed by atoms with E-state index in [1.165, 1.54) is 7.11 Å². The fourth-order valence-corrected chi connectivity index (χ4v) is 2.83. The van der Waals surface area contributed by atoms with E-state index in [1.54, 1.807) is 41.3 Å². The molecule has 3 rings (SSSR count). The molecule has 0 unspecified atom stereocenters. The van der Waals surface area contributed by atoms with Crippen molar-refractivity contribution >= 4 is 29.2 Å². The van der Waals surface area contributed by atoms with Crippen molar-refractivity contribution in [2.45, 2.75) is 12.8 Å². The summed E-state index contributed by atoms with van der Waals surface area (Å²) in [5.74, 6) is 0.370. The highest BCUT2D eigenvalue weighted by Gasteiger charge is 2.21. The van der Waals surface area contributed by atoms with E-state index in [1.807, 2.05) is 12.1 Å². The van der Waals surface area contributed by atoms with Crippen LogP contribution >= 0.6 is 0 Å². The van der Waals surface area contributed by atoms with Gasteiger partial charge in [-0.3, -0.25) is 9.59 Å². The Balaban J connectivity index is 1.44. The maximum absolute atomic E-state index is 12.1. The Labute approximate surface area is 168 Å². The second-order valence-electron chi connectivity index (χ2n) is 6.37. The third kappa shape index (κ3) is 5.71. The summed E-state index contributed by atoms with van der Waals surface area (Å²) in [5, 5.41) is 2.71. The fraction of sp³-hybridized carbons (Fsp3) is 0.286. The van der Waals surface area contributed by atoms with Gasteiger partial charge >= 0.3 is 5.97 Å². The molecule has 0 aliphatic carbocycles. The van der Waals surface area contributed by atoms with Crippen LogP contribution in [0.5, 0.6) is 11.5 Å². The molecule has 1 aliphatic rings. The first-order chi connectivity index (χ1) is 14.0. The van der Waals surface area contributed by atoms with Crippen LogP contribution in [-0.4, -0.2) is 44.7 Å². The highest BCUT2D eigenvalue weighted by atomic mass is 16.6. The van der Waals surface area contributed by atoms with Crippen LogP contribution in [0.15, 0.2) is 48.5 Å². The molecule has 0 bridgehead atoms. The van der Waals surface area contributed by atoms with Crippen LogP contribution in [0, 0.1) is 0 Å². The van der Waals surface area contributed by atoms with Gasteiger partial charge in [0.15, 0.2) is 13.2 Å². The molecule has 8 heteroatoms. The quantitative estimate of drug-likeness (QED) is 0.686. The monoisotopic (exact) mass is 398 g/mol. The molecule has 1 heterocycles. The molecule has 1 aliphatic heterocycles. The SMILES string of the molecule is COC(=O)COc1ccc(NC(=O)COc2ccc(N3CCCC3=O)cc2)cc1. The summed E-state index contributed by atoms with van der Waals surface area (Å²) in [6.07, 6.45) is 1.45. The van der Waals surface area contributed by atoms with Crippen LogP contribution in [0.3, 0.4) is 0 Å². The van der Waals surface area contributed by atoms with Crippen molar-refractivity contribution in [3.63, 3.8) is 0 Å². The predicted molar refractivity (Wildman–Crippen MR) is 106 cm³/mol. The second kappa shape index (κ2) is 9.59. The van der Waals surface area contributed by atoms with Crippen molar-refractivity contribution in [3.05, 3.63) is 48.5 Å². The number of hydrogen-bond acceptors (Lipinski definition) is 6. The van der Waals surface area contributed by atoms with E-state index in [0.717, 1.165) is 18.7 Å². The highest BCUT2D eigenvalue weighted by molar-refractivity contribution is 5.95. The van der Waals surface area contributed by atoms with Crippen molar-refractivity contribution in [3.8, 4) is 11.5 Å². The van der Waals surface area contributed by atoms with E-state index in [-0.39, 0.29) is 25.0 Å². The molecule has 2 aromatic rings. The zero-order valence-electron chi connectivity index (χ0n) is 16.1. The smallest absolute Gasteiger partial charge is 0.343 e. The maximum Gasteiger partial charge on any atom is 0.343 e. The molecule has 2 aromatic carbocycles. The van der Waals surface area contributed by atoms with Gasteiger partial charge in [-0.1, -0.05) is 0 Å². The molecule has 0 aromatic heterocycles. The molecule has 152 valence electrons. The average molecular weight is 398 g/mol. The minimum atomic E-state index is -0.473. The van der Waals surface area contributed by atoms with Gasteiger partial charge in [-0.05, 0) is 55.0 Å². The van der Waals surface area contributed by atoms with Crippen LogP contribution in [0.25, 0.3) is 0 Å². The molecule has 0 radical (unpaired) electrons. The van der Waals surface area contributed by atoms with Gasteiger partial charge in [0.05, 0.1) is 7.11 Å². The van der Waals surface area contributed by atoms with Crippen LogP contribution in [0.4, 0.5) is 11.4 Å². The summed E-state index contributed by atoms with van der Waals surface area (Å²) in [6, 6.07) is 13.7. The fourth-order valence-electron chi connectivity index (χ4n) is 2.83. The number of rotatable bonds is 8. The zero-order chi connectivity index (χ0) is 20.6. The van der Waals surface area contributed by atoms with Gasteiger partial charge in [0, 0.05) is 24.3 Å². The van der Waals surface area contributed by atoms with Crippen LogP contribution in [0.1, 0.15) is 12.8 Å². The van der Waals surface area contributed by atoms with Gasteiger partial charge in [-0.25, -0.2) is 4.79 Å². The Morgan fingerprint density at radius 3 is 2.17 bits per heavy atom. The van der Waals surface area contributed by atoms with Crippen molar-refractivity contribution in [2.75, 3.05) is 37.1 Å². The Hall–Kier alpha value is -3.55. The van der Waals surface area contributed by atoms with E-state index < -0.39 is 5.97 Å². The minimum Gasteiger partial charge on any atom is -0.484 e. The van der Waals surface area contributed by atoms with E-state index in [2.05, 4.69) is 10.1 Å². The number of anilines is 2. The first-order valence-electron chi connectivity index (χ1n) is 9.18. The molecule has 2 amide bonds. The molecule has 0 saturated carbocycles. The average Bonchev–Trinajstić information content (AvgIpc) is 3.17. The van der Waals surface area contributed by atoms with E-state index in [4.69, 9.17) is 9.47 Å². The van der Waals surface area contributed by atoms with Gasteiger partial charge in [-0.2, -0.15) is 0 Å². The third-order valence-electron chi connectivity index (χ3n) is 4.31. The molecule has 0 spiro atoms. The van der Waals surface area contributed by atoms with Crippen LogP contribution in [0.2, 0.25) is 0 Å². The van der Waals surface area contributed by atoms with Crippen molar-refractivity contribution < 1.29 is 28.6 Å². The molecule has 1 fully saturated rings. The number of esters is 1. The number of ether oxygens (including phenoxy) is 3. The lowest BCUT2D eigenvalue weighted by atomic mass is 10.3. The van der Waals surface area contributed by atoms with Gasteiger partial charge < -0.3 is 24.4 Å². The van der Waals surface area contributed by atoms with Gasteiger partial charge in [0.25, 0.3) is 5.91 Å². The normalized spacial score (nSPS) is 13.1. The molecule has 8 nitrogen and oxygen atoms in total. The lowest BCUT2D eigenvalue weighted by Gasteiger charge is -2.16. The largest absolute Gasteiger partial charge is 0.484 e. The number of carbonyl (C=O) groups excluding carboxylic acids is 3. The Bertz CT molecular complexity index is 864. The lowest BCUT2D eigenvalue weighted by molar-refractivity contribution is -0.142. The summed E-state index contributed by atoms with van der Waals surface area (Å²) in [6.45, 7) is 0.400. The van der Waals surface area contributed by atoms with Gasteiger partial charge in [-0.15, -0.1) is 0 Å². The Kier molecular flexibility index (Phi) is 6.67. The lowest BCUT2D eigenvalue weighted by Crippen LogP contribution is -2.23. The Morgan fingerprint density at radius 1 is 0.966 bits per heavy atom. The summed E-state index contributed by atoms with van der Waals surface area (Å²) in [5.41, 5.74) is 1.41. The molecule has 1 saturated heterocycles. The number of nitrogens with zero attached hydrogens (tertiary/aromatic N) is 1. The maximum atomic E-state index is 12.1. The third-order valence-corrected chi connectivity index (χ3v) is 4.31. The standard InChI is InChI=1S/C21H22N2O6/c1-27-21(26)14-29-17-8-4-15(5-9-17)22-19(24)13-28-18-10-6-16(7-11-18)23-12-2-3-20(23)25/h4-11H,2-3,12-14H2,1H3,(H,22,24). The van der Waals surface area contributed by atoms with Crippen molar-refractivity contribution in [1.82, 2.24) is 0 Å². The molecule has 0 atom stereocenters. The van der Waals surface area contributed by atoms with E-state index >= 15 is 0 Å². The topological polar surface area (TPSA) is 94.2 Å². The number of hydrogen-bond donors (Lipinski definition) is 1. The zero-order valence-corrected chi connectivity index (χ0v) is 16.1. The summed E-state index contributed by atoms with van der Waals surface area (Å²) in [7, 11) is 1.29. The van der Waals surface area contributed by atoms with Crippen molar-refractivity contribution in [2.24, 2.45) is 0 Å². The number of nitrogens with one attached hydrogen (secondary N) is 1. The Morgan fingerprint density at radius 2 is 1.59 bits per heavy atom. The number of methoxy groups -OCH3 is 1. The highest BCUT2D eigenvalue weighted by Crippen LogP contribution is 2.24. The van der Waals surface area contributed by atoms with E-state index in [0.29, 0.717) is 23.6 Å². The minimum absolute atomic E-state index is 0.125. The molecular formula is C21H22N2O6. The van der Waals surface area contributed by atoms with Crippen LogP contribution in [-0.2, 0) is 19.1 Å². The molecular weight excluding hydrogens is 376 g/mol. The second-order valence-corrected chi connectivity index (χ2v) is 6.37. The summed E-state index contributed by atoms with van der Waals surface area (Å²) in [4.78, 5) is 36.6. The molecule has 29 heavy (non-hydrogen) atoms. The number of amides is 2. The van der Waals surface area contributed by atoms with Crippen LogP contribution < -0.4 is 19.7 Å². The summed E-state index contributed by atoms with van der Waals surface area (Å²) < 4.78 is 15.2. The summed E-state index contributed by atoms with van der Waals surface area (Å²) >= 11 is 0. The van der Waals surface area contributed by atoms with Crippen molar-refractivity contribution in [1.29, 1.82) is 0 Å². The molecule has 1 N–H and O–H groups in total. The predicted octanol–water partition coefficient (Wildman–Crippen LogP) is 2.38. The number of benzene rings is 2. The first kappa shape index (κ1) is 20.2.